The highest BCUT2D eigenvalue weighted by atomic mass is 32.2. The van der Waals surface area contributed by atoms with E-state index in [1.54, 1.807) is 6.08 Å². The van der Waals surface area contributed by atoms with Gasteiger partial charge < -0.3 is 10.4 Å². The molecule has 6 nitrogen and oxygen atoms in total. The Hall–Kier alpha value is -1.96. The lowest BCUT2D eigenvalue weighted by molar-refractivity contribution is -0.122. The van der Waals surface area contributed by atoms with E-state index in [9.17, 15) is 22.9 Å². The van der Waals surface area contributed by atoms with Crippen molar-refractivity contribution in [2.75, 3.05) is 5.75 Å². The third kappa shape index (κ3) is 37.3. The first-order valence-electron chi connectivity index (χ1n) is 20.5. The summed E-state index contributed by atoms with van der Waals surface area (Å²) in [4.78, 5) is 12.5. The number of carbonyl (C=O) groups excluding carboxylic acids is 1. The van der Waals surface area contributed by atoms with Gasteiger partial charge in [0.25, 0.3) is 10.1 Å². The van der Waals surface area contributed by atoms with Crippen molar-refractivity contribution in [3.63, 3.8) is 0 Å². The van der Waals surface area contributed by atoms with Gasteiger partial charge in [0.15, 0.2) is 0 Å². The van der Waals surface area contributed by atoms with Crippen LogP contribution < -0.4 is 5.32 Å². The van der Waals surface area contributed by atoms with Crippen LogP contribution in [0.3, 0.4) is 0 Å². The highest BCUT2D eigenvalue weighted by molar-refractivity contribution is 7.85. The zero-order chi connectivity index (χ0) is 36.8. The number of allylic oxidation sites excluding steroid dienone is 9. The first-order chi connectivity index (χ1) is 24.3. The maximum absolute atomic E-state index is 12.5. The molecular weight excluding hydrogens is 643 g/mol. The molecule has 50 heavy (non-hydrogen) atoms. The largest absolute Gasteiger partial charge is 0.387 e. The average molecular weight is 720 g/mol. The van der Waals surface area contributed by atoms with Gasteiger partial charge in [-0.3, -0.25) is 9.35 Å². The summed E-state index contributed by atoms with van der Waals surface area (Å²) in [5.74, 6) is -0.987. The van der Waals surface area contributed by atoms with Gasteiger partial charge in [-0.25, -0.2) is 0 Å². The van der Waals surface area contributed by atoms with E-state index in [1.807, 2.05) is 6.08 Å². The van der Waals surface area contributed by atoms with Crippen molar-refractivity contribution in [3.8, 4) is 0 Å². The highest BCUT2D eigenvalue weighted by Gasteiger charge is 2.24. The van der Waals surface area contributed by atoms with E-state index in [2.05, 4.69) is 67.8 Å². The molecule has 0 heterocycles. The average Bonchev–Trinajstić information content (AvgIpc) is 3.08. The molecule has 7 heteroatoms. The Morgan fingerprint density at radius 3 is 1.42 bits per heavy atom. The second-order valence-corrected chi connectivity index (χ2v) is 15.4. The number of hydrogen-bond acceptors (Lipinski definition) is 4. The summed E-state index contributed by atoms with van der Waals surface area (Å²) in [6, 6.07) is -1.06. The van der Waals surface area contributed by atoms with Crippen molar-refractivity contribution < 1.29 is 22.9 Å². The summed E-state index contributed by atoms with van der Waals surface area (Å²) < 4.78 is 32.4. The lowest BCUT2D eigenvalue weighted by Crippen LogP contribution is -2.46. The highest BCUT2D eigenvalue weighted by Crippen LogP contribution is 2.14. The first kappa shape index (κ1) is 48.0. The normalized spacial score (nSPS) is 13.9. The molecule has 3 N–H and O–H groups in total. The summed E-state index contributed by atoms with van der Waals surface area (Å²) >= 11 is 0. The van der Waals surface area contributed by atoms with Crippen LogP contribution in [0, 0.1) is 0 Å². The smallest absolute Gasteiger partial charge is 0.267 e. The van der Waals surface area contributed by atoms with Gasteiger partial charge in [-0.05, 0) is 57.8 Å². The van der Waals surface area contributed by atoms with Crippen molar-refractivity contribution in [2.45, 2.75) is 199 Å². The molecule has 0 aromatic carbocycles. The summed E-state index contributed by atoms with van der Waals surface area (Å²) in [7, 11) is -4.34. The SMILES string of the molecule is CC/C=C\C/C=C\C/C=C\C/C=C\CCCCCCCCCCCCC(=O)NC(CS(=O)(=O)O)C(O)/C=C/CCCCCCCCCCCC. The Morgan fingerprint density at radius 2 is 0.960 bits per heavy atom. The molecule has 0 aromatic rings. The van der Waals surface area contributed by atoms with Crippen molar-refractivity contribution in [3.05, 3.63) is 60.8 Å². The van der Waals surface area contributed by atoms with Gasteiger partial charge in [0.1, 0.15) is 0 Å². The predicted molar refractivity (Wildman–Crippen MR) is 216 cm³/mol. The summed E-state index contributed by atoms with van der Waals surface area (Å²) in [5, 5.41) is 13.2. The van der Waals surface area contributed by atoms with Crippen molar-refractivity contribution in [1.82, 2.24) is 5.32 Å². The molecule has 2 unspecified atom stereocenters. The van der Waals surface area contributed by atoms with Gasteiger partial charge in [0.2, 0.25) is 5.91 Å². The minimum atomic E-state index is -4.34. The van der Waals surface area contributed by atoms with Gasteiger partial charge >= 0.3 is 0 Å². The zero-order valence-corrected chi connectivity index (χ0v) is 33.1. The van der Waals surface area contributed by atoms with Crippen LogP contribution in [0.4, 0.5) is 0 Å². The Labute approximate surface area is 309 Å². The number of unbranched alkanes of at least 4 members (excludes halogenated alkanes) is 20. The fourth-order valence-corrected chi connectivity index (χ4v) is 6.64. The van der Waals surface area contributed by atoms with E-state index < -0.39 is 28.0 Å². The molecule has 0 aliphatic rings. The zero-order valence-electron chi connectivity index (χ0n) is 32.3. The Kier molecular flexibility index (Phi) is 35.4. The van der Waals surface area contributed by atoms with Gasteiger partial charge in [0.05, 0.1) is 17.9 Å². The number of nitrogens with one attached hydrogen (secondary N) is 1. The van der Waals surface area contributed by atoms with Crippen LogP contribution in [-0.4, -0.2) is 41.9 Å². The van der Waals surface area contributed by atoms with Crippen molar-refractivity contribution in [1.29, 1.82) is 0 Å². The maximum Gasteiger partial charge on any atom is 0.267 e. The molecule has 2 atom stereocenters. The second-order valence-electron chi connectivity index (χ2n) is 13.9. The lowest BCUT2D eigenvalue weighted by atomic mass is 10.0. The molecule has 0 saturated heterocycles. The number of aliphatic hydroxyl groups is 1. The number of rotatable bonds is 36. The topological polar surface area (TPSA) is 104 Å². The van der Waals surface area contributed by atoms with Gasteiger partial charge in [-0.2, -0.15) is 8.42 Å². The molecule has 0 bridgehead atoms. The standard InChI is InChI=1S/C43H77NO5S/c1-3-5-7-9-11-13-15-17-18-19-20-21-22-23-24-25-26-27-29-31-33-35-37-39-43(46)44-41(40-50(47,48)49)42(45)38-36-34-32-30-28-16-14-12-10-8-6-4-2/h5,7,11,13,17-18,20-21,36,38,41-42,45H,3-4,6,8-10,12,14-16,19,22-35,37,39-40H2,1-2H3,(H,44,46)(H,47,48,49)/b7-5-,13-11-,18-17-,21-20-,38-36+. The second kappa shape index (κ2) is 36.8. The van der Waals surface area contributed by atoms with E-state index in [-0.39, 0.29) is 12.3 Å². The Bertz CT molecular complexity index is 1010. The third-order valence-corrected chi connectivity index (χ3v) is 9.73. The lowest BCUT2D eigenvalue weighted by Gasteiger charge is -2.21. The molecule has 0 rings (SSSR count). The number of hydrogen-bond donors (Lipinski definition) is 3. The fraction of sp³-hybridized carbons (Fsp3) is 0.744. The van der Waals surface area contributed by atoms with Crippen LogP contribution in [0.5, 0.6) is 0 Å². The maximum atomic E-state index is 12.5. The van der Waals surface area contributed by atoms with Crippen LogP contribution in [0.1, 0.15) is 187 Å². The van der Waals surface area contributed by atoms with Crippen LogP contribution in [0.2, 0.25) is 0 Å². The van der Waals surface area contributed by atoms with Gasteiger partial charge in [-0.1, -0.05) is 184 Å². The predicted octanol–water partition coefficient (Wildman–Crippen LogP) is 12.1. The summed E-state index contributed by atoms with van der Waals surface area (Å²) in [6.07, 6.45) is 50.6. The monoisotopic (exact) mass is 720 g/mol. The quantitative estimate of drug-likeness (QED) is 0.0340. The van der Waals surface area contributed by atoms with Crippen LogP contribution in [0.15, 0.2) is 60.8 Å². The number of amides is 1. The molecular formula is C43H77NO5S. The van der Waals surface area contributed by atoms with Crippen LogP contribution in [-0.2, 0) is 14.9 Å². The fourth-order valence-electron chi connectivity index (χ4n) is 5.91. The summed E-state index contributed by atoms with van der Waals surface area (Å²) in [6.45, 7) is 4.39. The Morgan fingerprint density at radius 1 is 0.560 bits per heavy atom. The number of aliphatic hydroxyl groups excluding tert-OH is 1. The van der Waals surface area contributed by atoms with E-state index in [0.29, 0.717) is 0 Å². The van der Waals surface area contributed by atoms with E-state index in [0.717, 1.165) is 77.0 Å². The third-order valence-electron chi connectivity index (χ3n) is 8.95. The minimum Gasteiger partial charge on any atom is -0.387 e. The van der Waals surface area contributed by atoms with E-state index >= 15 is 0 Å². The van der Waals surface area contributed by atoms with Crippen molar-refractivity contribution >= 4 is 16.0 Å². The van der Waals surface area contributed by atoms with Crippen LogP contribution in [0.25, 0.3) is 0 Å². The van der Waals surface area contributed by atoms with E-state index in [1.165, 1.54) is 89.9 Å². The molecule has 0 fully saturated rings. The van der Waals surface area contributed by atoms with Gasteiger partial charge in [0, 0.05) is 6.42 Å². The molecule has 0 spiro atoms. The first-order valence-corrected chi connectivity index (χ1v) is 22.1. The number of carbonyl (C=O) groups is 1. The van der Waals surface area contributed by atoms with Crippen molar-refractivity contribution in [2.24, 2.45) is 0 Å². The molecule has 0 aliphatic heterocycles. The van der Waals surface area contributed by atoms with E-state index in [4.69, 9.17) is 0 Å². The van der Waals surface area contributed by atoms with Crippen LogP contribution >= 0.6 is 0 Å². The summed E-state index contributed by atoms with van der Waals surface area (Å²) in [5.41, 5.74) is 0. The molecule has 0 aliphatic carbocycles. The molecule has 0 aromatic heterocycles. The minimum absolute atomic E-state index is 0.286. The molecule has 0 saturated carbocycles. The Balaban J connectivity index is 3.88. The van der Waals surface area contributed by atoms with Gasteiger partial charge in [-0.15, -0.1) is 0 Å². The molecule has 0 radical (unpaired) electrons. The molecule has 1 amide bonds. The molecule has 290 valence electrons.